The Morgan fingerprint density at radius 2 is 1.97 bits per heavy atom. The molecule has 39 heavy (non-hydrogen) atoms. The number of imidazole rings is 1. The average molecular weight is 591 g/mol. The van der Waals surface area contributed by atoms with Gasteiger partial charge >= 0.3 is 0 Å². The van der Waals surface area contributed by atoms with E-state index in [0.29, 0.717) is 38.9 Å². The third-order valence-electron chi connectivity index (χ3n) is 7.30. The summed E-state index contributed by atoms with van der Waals surface area (Å²) < 4.78 is 15.4. The van der Waals surface area contributed by atoms with Crippen molar-refractivity contribution in [2.75, 3.05) is 6.26 Å². The van der Waals surface area contributed by atoms with Gasteiger partial charge in [0.05, 0.1) is 41.2 Å². The van der Waals surface area contributed by atoms with E-state index >= 15 is 0 Å². The van der Waals surface area contributed by atoms with E-state index in [4.69, 9.17) is 28.0 Å². The molecule has 2 aromatic carbocycles. The van der Waals surface area contributed by atoms with Crippen LogP contribution in [0.25, 0.3) is 0 Å². The van der Waals surface area contributed by atoms with Gasteiger partial charge in [-0.15, -0.1) is 0 Å². The lowest BCUT2D eigenvalue weighted by Crippen LogP contribution is -2.58. The van der Waals surface area contributed by atoms with E-state index in [-0.39, 0.29) is 24.6 Å². The molecule has 5 rings (SSSR count). The minimum absolute atomic E-state index is 0.0893. The molecule has 1 fully saturated rings. The molecular formula is C27H29Cl2N5O4S. The smallest absolute Gasteiger partial charge is 0.255 e. The molecule has 0 bridgehead atoms. The maximum Gasteiger partial charge on any atom is 0.255 e. The van der Waals surface area contributed by atoms with E-state index in [1.54, 1.807) is 59.8 Å². The van der Waals surface area contributed by atoms with E-state index < -0.39 is 28.9 Å². The highest BCUT2D eigenvalue weighted by atomic mass is 35.5. The van der Waals surface area contributed by atoms with Gasteiger partial charge in [0.25, 0.3) is 11.8 Å². The fourth-order valence-electron chi connectivity index (χ4n) is 5.68. The van der Waals surface area contributed by atoms with Crippen LogP contribution in [0.5, 0.6) is 0 Å². The van der Waals surface area contributed by atoms with Gasteiger partial charge in [-0.3, -0.25) is 14.4 Å². The SMILES string of the molecule is CS(=O)N[C@H]1CCCCC1N1C(=O)c2ccccc2[C@@H](C(=O)NOCc2cnc[nH]2)[C@@H]1c1ccc(Cl)cc1Cl. The van der Waals surface area contributed by atoms with E-state index in [1.165, 1.54) is 6.33 Å². The van der Waals surface area contributed by atoms with Gasteiger partial charge in [-0.1, -0.05) is 60.3 Å². The van der Waals surface area contributed by atoms with Crippen LogP contribution in [0.2, 0.25) is 10.0 Å². The lowest BCUT2D eigenvalue weighted by molar-refractivity contribution is -0.138. The highest BCUT2D eigenvalue weighted by Gasteiger charge is 2.49. The predicted octanol–water partition coefficient (Wildman–Crippen LogP) is 4.44. The highest BCUT2D eigenvalue weighted by molar-refractivity contribution is 7.82. The number of aromatic amines is 1. The Morgan fingerprint density at radius 1 is 1.18 bits per heavy atom. The predicted molar refractivity (Wildman–Crippen MR) is 149 cm³/mol. The first kappa shape index (κ1) is 27.8. The maximum atomic E-state index is 14.2. The Labute approximate surface area is 239 Å². The van der Waals surface area contributed by atoms with E-state index in [9.17, 15) is 13.8 Å². The molecule has 5 atom stereocenters. The molecule has 2 heterocycles. The van der Waals surface area contributed by atoms with Crippen LogP contribution in [0.15, 0.2) is 55.0 Å². The fourth-order valence-corrected chi connectivity index (χ4v) is 6.90. The van der Waals surface area contributed by atoms with Gasteiger partial charge in [0.15, 0.2) is 0 Å². The summed E-state index contributed by atoms with van der Waals surface area (Å²) in [5.74, 6) is -1.46. The average Bonchev–Trinajstić information content (AvgIpc) is 3.43. The Kier molecular flexibility index (Phi) is 8.68. The number of carbonyl (C=O) groups is 2. The van der Waals surface area contributed by atoms with Gasteiger partial charge in [0.1, 0.15) is 6.61 Å². The summed E-state index contributed by atoms with van der Waals surface area (Å²) in [5.41, 5.74) is 4.89. The number of fused-ring (bicyclic) bond motifs is 1. The minimum Gasteiger partial charge on any atom is -0.346 e. The summed E-state index contributed by atoms with van der Waals surface area (Å²) in [4.78, 5) is 42.3. The number of amides is 2. The first-order valence-electron chi connectivity index (χ1n) is 12.7. The van der Waals surface area contributed by atoms with Crippen molar-refractivity contribution in [2.24, 2.45) is 0 Å². The standard InChI is InChI=1S/C27H29Cl2N5O4S/c1-39(37)33-22-8-4-5-9-23(22)34-25(20-11-10-16(28)12-21(20)29)24(18-6-2-3-7-19(18)27(34)36)26(35)32-38-14-17-13-30-15-31-17/h2-3,6-7,10-13,15,22-25,33H,4-5,8-9,14H2,1H3,(H,30,31)(H,32,35)/t22-,23?,24+,25-,39?/m0/s1. The highest BCUT2D eigenvalue weighted by Crippen LogP contribution is 2.47. The van der Waals surface area contributed by atoms with Crippen LogP contribution < -0.4 is 10.2 Å². The molecule has 0 spiro atoms. The molecule has 1 aliphatic carbocycles. The number of hydrogen-bond donors (Lipinski definition) is 3. The van der Waals surface area contributed by atoms with Gasteiger partial charge in [-0.2, -0.15) is 0 Å². The van der Waals surface area contributed by atoms with Crippen LogP contribution in [0.3, 0.4) is 0 Å². The lowest BCUT2D eigenvalue weighted by atomic mass is 9.76. The van der Waals surface area contributed by atoms with Crippen molar-refractivity contribution in [2.45, 2.75) is 56.3 Å². The Bertz CT molecular complexity index is 1370. The Morgan fingerprint density at radius 3 is 2.72 bits per heavy atom. The third-order valence-corrected chi connectivity index (χ3v) is 8.50. The Balaban J connectivity index is 1.60. The number of rotatable bonds is 8. The number of nitrogens with zero attached hydrogens (tertiary/aromatic N) is 2. The van der Waals surface area contributed by atoms with Gasteiger partial charge in [0, 0.05) is 33.9 Å². The zero-order valence-electron chi connectivity index (χ0n) is 21.2. The zero-order chi connectivity index (χ0) is 27.5. The summed E-state index contributed by atoms with van der Waals surface area (Å²) in [7, 11) is -1.28. The molecule has 12 heteroatoms. The van der Waals surface area contributed by atoms with Crippen molar-refractivity contribution in [3.05, 3.63) is 87.4 Å². The van der Waals surface area contributed by atoms with Gasteiger partial charge < -0.3 is 9.88 Å². The molecule has 1 saturated carbocycles. The zero-order valence-corrected chi connectivity index (χ0v) is 23.6. The molecule has 9 nitrogen and oxygen atoms in total. The number of H-pyrrole nitrogens is 1. The molecular weight excluding hydrogens is 561 g/mol. The molecule has 2 unspecified atom stereocenters. The number of halogens is 2. The van der Waals surface area contributed by atoms with Gasteiger partial charge in [-0.25, -0.2) is 19.4 Å². The molecule has 0 saturated heterocycles. The normalized spacial score (nSPS) is 23.8. The number of nitrogens with one attached hydrogen (secondary N) is 3. The molecule has 3 N–H and O–H groups in total. The summed E-state index contributed by atoms with van der Waals surface area (Å²) >= 11 is 13.0. The number of hydroxylamine groups is 1. The van der Waals surface area contributed by atoms with Crippen LogP contribution in [0.4, 0.5) is 0 Å². The monoisotopic (exact) mass is 589 g/mol. The van der Waals surface area contributed by atoms with Crippen molar-refractivity contribution in [1.29, 1.82) is 0 Å². The van der Waals surface area contributed by atoms with Crippen LogP contribution >= 0.6 is 23.2 Å². The fraction of sp³-hybridized carbons (Fsp3) is 0.370. The molecule has 0 radical (unpaired) electrons. The topological polar surface area (TPSA) is 116 Å². The molecule has 2 amide bonds. The second-order valence-electron chi connectivity index (χ2n) is 9.75. The summed E-state index contributed by atoms with van der Waals surface area (Å²) in [6.45, 7) is 0.0893. The van der Waals surface area contributed by atoms with Gasteiger partial charge in [-0.05, 0) is 42.2 Å². The van der Waals surface area contributed by atoms with Crippen molar-refractivity contribution in [1.82, 2.24) is 25.1 Å². The van der Waals surface area contributed by atoms with Crippen LogP contribution in [0.1, 0.15) is 64.8 Å². The molecule has 1 aliphatic heterocycles. The first-order valence-corrected chi connectivity index (χ1v) is 15.0. The van der Waals surface area contributed by atoms with Crippen molar-refractivity contribution in [3.8, 4) is 0 Å². The number of benzene rings is 2. The summed E-state index contributed by atoms with van der Waals surface area (Å²) in [5, 5.41) is 0.792. The minimum atomic E-state index is -1.28. The third kappa shape index (κ3) is 5.90. The van der Waals surface area contributed by atoms with E-state index in [0.717, 1.165) is 19.3 Å². The summed E-state index contributed by atoms with van der Waals surface area (Å²) in [6.07, 6.45) is 8.00. The largest absolute Gasteiger partial charge is 0.346 e. The molecule has 206 valence electrons. The van der Waals surface area contributed by atoms with Crippen LogP contribution in [-0.4, -0.2) is 49.2 Å². The number of carbonyl (C=O) groups excluding carboxylic acids is 2. The maximum absolute atomic E-state index is 14.2. The first-order chi connectivity index (χ1) is 18.8. The van der Waals surface area contributed by atoms with Gasteiger partial charge in [0.2, 0.25) is 0 Å². The lowest BCUT2D eigenvalue weighted by Gasteiger charge is -2.49. The van der Waals surface area contributed by atoms with Crippen molar-refractivity contribution in [3.63, 3.8) is 0 Å². The van der Waals surface area contributed by atoms with E-state index in [2.05, 4.69) is 20.2 Å². The second-order valence-corrected chi connectivity index (χ2v) is 11.7. The summed E-state index contributed by atoms with van der Waals surface area (Å²) in [6, 6.07) is 10.9. The second kappa shape index (κ2) is 12.2. The number of aromatic nitrogens is 2. The quantitative estimate of drug-likeness (QED) is 0.336. The Hall–Kier alpha value is -2.76. The van der Waals surface area contributed by atoms with Crippen LogP contribution in [-0.2, 0) is 27.2 Å². The molecule has 2 aliphatic rings. The van der Waals surface area contributed by atoms with Crippen molar-refractivity contribution >= 4 is 46.0 Å². The van der Waals surface area contributed by atoms with E-state index in [1.807, 2.05) is 0 Å². The van der Waals surface area contributed by atoms with Crippen LogP contribution in [0, 0.1) is 0 Å². The number of hydrogen-bond acceptors (Lipinski definition) is 5. The van der Waals surface area contributed by atoms with Crippen molar-refractivity contribution < 1.29 is 18.6 Å². The molecule has 1 aromatic heterocycles. The molecule has 3 aromatic rings.